The zero-order valence-electron chi connectivity index (χ0n) is 15.7. The van der Waals surface area contributed by atoms with Gasteiger partial charge < -0.3 is 49.7 Å². The molecule has 2 heterocycles. The molecular weight excluding hydrogens is 425 g/mol. The zero-order chi connectivity index (χ0) is 18.7. The second-order valence-corrected chi connectivity index (χ2v) is 6.23. The fourth-order valence-corrected chi connectivity index (χ4v) is 3.20. The average Bonchev–Trinajstić information content (AvgIpc) is 2.62. The Morgan fingerprint density at radius 1 is 0.885 bits per heavy atom. The number of ether oxygens (including phenoxy) is 6. The molecule has 0 bridgehead atoms. The topological polar surface area (TPSA) is 132 Å². The molecule has 2 rings (SSSR count). The number of likely N-dealkylation sites (N-methyl/N-ethyl adjacent to an activating group) is 1. The molecule has 2 saturated heterocycles. The number of nitrogens with one attached hydrogen (secondary N) is 2. The first-order valence-corrected chi connectivity index (χ1v) is 8.18. The van der Waals surface area contributed by atoms with Crippen LogP contribution < -0.4 is 5.32 Å². The summed E-state index contributed by atoms with van der Waals surface area (Å²) in [6.45, 7) is 1.80. The van der Waals surface area contributed by atoms with E-state index in [0.29, 0.717) is 0 Å². The third-order valence-corrected chi connectivity index (χ3v) is 4.75. The van der Waals surface area contributed by atoms with Crippen molar-refractivity contribution in [3.05, 3.63) is 5.73 Å². The van der Waals surface area contributed by atoms with E-state index in [-0.39, 0.29) is 38.6 Å². The molecule has 0 aliphatic carbocycles. The maximum atomic E-state index is 10.5. The summed E-state index contributed by atoms with van der Waals surface area (Å²) in [4.78, 5) is 0. The van der Waals surface area contributed by atoms with Crippen LogP contribution in [0.4, 0.5) is 0 Å². The van der Waals surface area contributed by atoms with Crippen LogP contribution in [0.25, 0.3) is 5.73 Å². The van der Waals surface area contributed by atoms with E-state index in [1.54, 1.807) is 14.0 Å². The van der Waals surface area contributed by atoms with Gasteiger partial charge in [0.05, 0.1) is 18.2 Å². The molecule has 11 heteroatoms. The Bertz CT molecular complexity index is 421. The van der Waals surface area contributed by atoms with Gasteiger partial charge >= 0.3 is 0 Å². The van der Waals surface area contributed by atoms with Crippen molar-refractivity contribution < 1.29 is 71.3 Å². The first-order valence-electron chi connectivity index (χ1n) is 8.18. The van der Waals surface area contributed by atoms with E-state index >= 15 is 0 Å². The molecule has 4 unspecified atom stereocenters. The summed E-state index contributed by atoms with van der Waals surface area (Å²) in [5, 5.41) is 23.9. The van der Waals surface area contributed by atoms with Gasteiger partial charge in [0, 0.05) is 60.0 Å². The average molecular weight is 454 g/mol. The minimum absolute atomic E-state index is 0. The van der Waals surface area contributed by atoms with Gasteiger partial charge in [-0.2, -0.15) is 0 Å². The van der Waals surface area contributed by atoms with E-state index in [9.17, 15) is 10.2 Å². The van der Waals surface area contributed by atoms with Crippen molar-refractivity contribution in [2.45, 2.75) is 62.5 Å². The third-order valence-electron chi connectivity index (χ3n) is 4.75. The van der Waals surface area contributed by atoms with Crippen LogP contribution in [-0.4, -0.2) is 94.1 Å². The molecule has 2 aliphatic heterocycles. The molecule has 0 spiro atoms. The number of aliphatic hydroxyl groups excluding tert-OH is 2. The van der Waals surface area contributed by atoms with Gasteiger partial charge in [0.15, 0.2) is 18.9 Å². The molecule has 1 radical (unpaired) electrons. The molecule has 151 valence electrons. The number of methoxy groups -OCH3 is 3. The summed E-state index contributed by atoms with van der Waals surface area (Å²) in [7, 11) is 5.93. The molecule has 10 nitrogen and oxygen atoms in total. The van der Waals surface area contributed by atoms with E-state index < -0.39 is 55.6 Å². The fraction of sp³-hybridized carbons (Fsp3) is 1.00. The first-order chi connectivity index (χ1) is 11.9. The number of aliphatic hydroxyl groups is 2. The Labute approximate surface area is 178 Å². The van der Waals surface area contributed by atoms with Gasteiger partial charge in [0.25, 0.3) is 0 Å². The summed E-state index contributed by atoms with van der Waals surface area (Å²) in [5.74, 6) is -0.283. The van der Waals surface area contributed by atoms with Crippen molar-refractivity contribution in [3.63, 3.8) is 0 Å². The maximum absolute atomic E-state index is 10.5. The Kier molecular flexibility index (Phi) is 10.5. The van der Waals surface area contributed by atoms with Crippen molar-refractivity contribution in [2.75, 3.05) is 28.4 Å². The smallest absolute Gasteiger partial charge is 0.188 e. The van der Waals surface area contributed by atoms with E-state index in [0.717, 1.165) is 0 Å². The first kappa shape index (κ1) is 24.7. The van der Waals surface area contributed by atoms with Crippen molar-refractivity contribution in [2.24, 2.45) is 5.92 Å². The molecule has 2 fully saturated rings. The molecule has 26 heavy (non-hydrogen) atoms. The fourth-order valence-electron chi connectivity index (χ4n) is 3.20. The van der Waals surface area contributed by atoms with Gasteiger partial charge in [-0.25, -0.2) is 0 Å². The standard InChI is InChI=1S/C15H29N2O8.Y/c1-6-9(18)8(17-2)14(24-12(6)20-3)23-11-10(19)7(16)13(21-4)25-15(11)22-5;/h6-19H,1-5H3;/q-1;/t6-,7?,8?,9-,10?,11-,12?,13+,14+,15+;/m0./s1. The largest absolute Gasteiger partial charge is 0.668 e. The molecule has 10 atom stereocenters. The van der Waals surface area contributed by atoms with Gasteiger partial charge in [0.2, 0.25) is 0 Å². The predicted octanol–water partition coefficient (Wildman–Crippen LogP) is -0.960. The summed E-state index contributed by atoms with van der Waals surface area (Å²) >= 11 is 0. The third kappa shape index (κ3) is 5.00. The van der Waals surface area contributed by atoms with Crippen LogP contribution in [0.15, 0.2) is 0 Å². The number of hydrogen-bond acceptors (Lipinski definition) is 9. The second-order valence-electron chi connectivity index (χ2n) is 6.23. The van der Waals surface area contributed by atoms with Crippen LogP contribution in [0.2, 0.25) is 0 Å². The molecule has 0 aromatic carbocycles. The van der Waals surface area contributed by atoms with E-state index in [1.165, 1.54) is 21.3 Å². The summed E-state index contributed by atoms with van der Waals surface area (Å²) in [6.07, 6.45) is -6.54. The number of rotatable bonds is 6. The van der Waals surface area contributed by atoms with Gasteiger partial charge in [-0.1, -0.05) is 13.0 Å². The van der Waals surface area contributed by atoms with Crippen LogP contribution >= 0.6 is 0 Å². The monoisotopic (exact) mass is 454 g/mol. The Morgan fingerprint density at radius 2 is 1.42 bits per heavy atom. The Balaban J connectivity index is 0.00000338. The van der Waals surface area contributed by atoms with Gasteiger partial charge in [-0.15, -0.1) is 0 Å². The van der Waals surface area contributed by atoms with Crippen LogP contribution in [0.3, 0.4) is 0 Å². The zero-order valence-corrected chi connectivity index (χ0v) is 18.5. The summed E-state index contributed by atoms with van der Waals surface area (Å²) in [5.41, 5.74) is 8.02. The van der Waals surface area contributed by atoms with Crippen molar-refractivity contribution in [1.82, 2.24) is 5.32 Å². The van der Waals surface area contributed by atoms with E-state index in [2.05, 4.69) is 5.32 Å². The number of hydrogen-bond donors (Lipinski definition) is 3. The minimum atomic E-state index is -1.23. The van der Waals surface area contributed by atoms with Crippen LogP contribution in [0, 0.1) is 5.92 Å². The van der Waals surface area contributed by atoms with E-state index in [4.69, 9.17) is 34.2 Å². The summed E-state index contributed by atoms with van der Waals surface area (Å²) in [6, 6.07) is -1.64. The minimum Gasteiger partial charge on any atom is -0.668 e. The molecule has 4 N–H and O–H groups in total. The van der Waals surface area contributed by atoms with Gasteiger partial charge in [0.1, 0.15) is 12.4 Å². The Morgan fingerprint density at radius 3 is 1.92 bits per heavy atom. The van der Waals surface area contributed by atoms with Gasteiger partial charge in [-0.3, -0.25) is 0 Å². The normalized spacial score (nSPS) is 46.6. The quantitative estimate of drug-likeness (QED) is 0.464. The van der Waals surface area contributed by atoms with Crippen LogP contribution in [0.1, 0.15) is 6.92 Å². The Hall–Kier alpha value is 0.704. The molecule has 2 aliphatic rings. The molecule has 0 aromatic heterocycles. The maximum Gasteiger partial charge on any atom is 0.188 e. The van der Waals surface area contributed by atoms with Crippen molar-refractivity contribution in [1.29, 1.82) is 0 Å². The molecular formula is C15H29N2O8Y-. The van der Waals surface area contributed by atoms with Crippen LogP contribution in [-0.2, 0) is 61.1 Å². The molecule has 0 saturated carbocycles. The summed E-state index contributed by atoms with van der Waals surface area (Å²) < 4.78 is 32.7. The molecule has 0 aromatic rings. The molecule has 0 amide bonds. The van der Waals surface area contributed by atoms with E-state index in [1.807, 2.05) is 0 Å². The second kappa shape index (κ2) is 11.0. The SMILES string of the molecule is CNC1[C@H](O[C@H]2C(O)C([NH-])[C@H](OC)O[C@H]2OC)OC(OC)[C@@H](C)[C@@H]1O.[Y]. The van der Waals surface area contributed by atoms with Gasteiger partial charge in [-0.05, 0) is 7.05 Å². The van der Waals surface area contributed by atoms with Crippen LogP contribution in [0.5, 0.6) is 0 Å². The van der Waals surface area contributed by atoms with Crippen molar-refractivity contribution >= 4 is 0 Å². The van der Waals surface area contributed by atoms with Crippen molar-refractivity contribution in [3.8, 4) is 0 Å². The predicted molar refractivity (Wildman–Crippen MR) is 85.4 cm³/mol.